The third kappa shape index (κ3) is 7.32. The van der Waals surface area contributed by atoms with Gasteiger partial charge in [0.2, 0.25) is 0 Å². The first kappa shape index (κ1) is 17.8. The van der Waals surface area contributed by atoms with Gasteiger partial charge in [-0.2, -0.15) is 0 Å². The molecule has 0 aliphatic carbocycles. The Labute approximate surface area is 127 Å². The molecule has 21 heavy (non-hydrogen) atoms. The lowest BCUT2D eigenvalue weighted by atomic mass is 10.0. The largest absolute Gasteiger partial charge is 0.508 e. The lowest BCUT2D eigenvalue weighted by Crippen LogP contribution is -2.24. The van der Waals surface area contributed by atoms with Crippen LogP contribution in [0, 0.1) is 17.7 Å². The third-order valence-corrected chi connectivity index (χ3v) is 3.79. The van der Waals surface area contributed by atoms with Crippen LogP contribution in [0.25, 0.3) is 0 Å². The van der Waals surface area contributed by atoms with Crippen molar-refractivity contribution >= 4 is 0 Å². The number of hydrogen-bond donors (Lipinski definition) is 2. The van der Waals surface area contributed by atoms with Gasteiger partial charge in [-0.3, -0.25) is 0 Å². The SMILES string of the molecule is CCC(C)CCNC[C@H](C)CCOc1ccc(O)cc1F. The van der Waals surface area contributed by atoms with Crippen molar-refractivity contribution in [1.29, 1.82) is 0 Å². The molecule has 0 bridgehead atoms. The third-order valence-electron chi connectivity index (χ3n) is 3.79. The van der Waals surface area contributed by atoms with E-state index in [-0.39, 0.29) is 11.5 Å². The predicted molar refractivity (Wildman–Crippen MR) is 84.3 cm³/mol. The van der Waals surface area contributed by atoms with Crippen LogP contribution in [0.5, 0.6) is 11.5 Å². The summed E-state index contributed by atoms with van der Waals surface area (Å²) < 4.78 is 18.8. The van der Waals surface area contributed by atoms with Gasteiger partial charge in [0.1, 0.15) is 5.75 Å². The van der Waals surface area contributed by atoms with Crippen LogP contribution in [-0.2, 0) is 0 Å². The number of aromatic hydroxyl groups is 1. The minimum absolute atomic E-state index is 0.0845. The van der Waals surface area contributed by atoms with E-state index in [1.54, 1.807) is 0 Å². The van der Waals surface area contributed by atoms with Crippen LogP contribution in [0.4, 0.5) is 4.39 Å². The van der Waals surface area contributed by atoms with Crippen LogP contribution in [0.3, 0.4) is 0 Å². The second-order valence-electron chi connectivity index (χ2n) is 5.86. The van der Waals surface area contributed by atoms with Crippen LogP contribution >= 0.6 is 0 Å². The molecule has 120 valence electrons. The molecule has 0 fully saturated rings. The zero-order chi connectivity index (χ0) is 15.7. The van der Waals surface area contributed by atoms with Crippen LogP contribution in [0.2, 0.25) is 0 Å². The topological polar surface area (TPSA) is 41.5 Å². The summed E-state index contributed by atoms with van der Waals surface area (Å²) in [7, 11) is 0. The zero-order valence-electron chi connectivity index (χ0n) is 13.4. The molecule has 2 N–H and O–H groups in total. The molecule has 1 unspecified atom stereocenters. The van der Waals surface area contributed by atoms with Gasteiger partial charge >= 0.3 is 0 Å². The summed E-state index contributed by atoms with van der Waals surface area (Å²) in [5.41, 5.74) is 0. The summed E-state index contributed by atoms with van der Waals surface area (Å²) in [6, 6.07) is 3.95. The molecule has 1 rings (SSSR count). The van der Waals surface area contributed by atoms with Gasteiger partial charge in [-0.05, 0) is 49.9 Å². The van der Waals surface area contributed by atoms with Crippen molar-refractivity contribution in [2.45, 2.75) is 40.0 Å². The highest BCUT2D eigenvalue weighted by atomic mass is 19.1. The van der Waals surface area contributed by atoms with E-state index in [0.29, 0.717) is 12.5 Å². The number of benzene rings is 1. The van der Waals surface area contributed by atoms with Crippen molar-refractivity contribution in [3.8, 4) is 11.5 Å². The Morgan fingerprint density at radius 2 is 2.00 bits per heavy atom. The van der Waals surface area contributed by atoms with Gasteiger partial charge < -0.3 is 15.2 Å². The van der Waals surface area contributed by atoms with E-state index < -0.39 is 5.82 Å². The highest BCUT2D eigenvalue weighted by molar-refractivity contribution is 5.31. The molecular weight excluding hydrogens is 269 g/mol. The van der Waals surface area contributed by atoms with Gasteiger partial charge in [0.15, 0.2) is 11.6 Å². The average molecular weight is 297 g/mol. The van der Waals surface area contributed by atoms with Crippen molar-refractivity contribution in [3.05, 3.63) is 24.0 Å². The fraction of sp³-hybridized carbons (Fsp3) is 0.647. The average Bonchev–Trinajstić information content (AvgIpc) is 2.45. The highest BCUT2D eigenvalue weighted by Crippen LogP contribution is 2.21. The fourth-order valence-corrected chi connectivity index (χ4v) is 1.98. The molecule has 2 atom stereocenters. The maximum absolute atomic E-state index is 13.4. The number of hydrogen-bond acceptors (Lipinski definition) is 3. The van der Waals surface area contributed by atoms with Gasteiger partial charge in [0.05, 0.1) is 6.61 Å². The Morgan fingerprint density at radius 1 is 1.24 bits per heavy atom. The smallest absolute Gasteiger partial charge is 0.168 e. The van der Waals surface area contributed by atoms with Crippen LogP contribution in [-0.4, -0.2) is 24.8 Å². The van der Waals surface area contributed by atoms with Crippen LogP contribution < -0.4 is 10.1 Å². The van der Waals surface area contributed by atoms with E-state index in [2.05, 4.69) is 26.1 Å². The zero-order valence-corrected chi connectivity index (χ0v) is 13.4. The second kappa shape index (κ2) is 9.61. The molecule has 4 heteroatoms. The van der Waals surface area contributed by atoms with E-state index in [0.717, 1.165) is 31.5 Å². The first-order valence-corrected chi connectivity index (χ1v) is 7.85. The van der Waals surface area contributed by atoms with Gasteiger partial charge in [0.25, 0.3) is 0 Å². The van der Waals surface area contributed by atoms with Gasteiger partial charge in [0, 0.05) is 6.07 Å². The molecule has 0 saturated heterocycles. The molecular formula is C17H28FNO2. The molecule has 0 aliphatic rings. The lowest BCUT2D eigenvalue weighted by molar-refractivity contribution is 0.268. The molecule has 0 heterocycles. The minimum atomic E-state index is -0.519. The standard InChI is InChI=1S/C17H28FNO2/c1-4-13(2)7-9-19-12-14(3)8-10-21-17-6-5-15(20)11-16(17)18/h5-6,11,13-14,19-20H,4,7-10,12H2,1-3H3/t13?,14-/m1/s1. The molecule has 3 nitrogen and oxygen atoms in total. The van der Waals surface area contributed by atoms with Crippen LogP contribution in [0.15, 0.2) is 18.2 Å². The van der Waals surface area contributed by atoms with E-state index >= 15 is 0 Å². The van der Waals surface area contributed by atoms with Crippen molar-refractivity contribution in [3.63, 3.8) is 0 Å². The Morgan fingerprint density at radius 3 is 2.67 bits per heavy atom. The number of ether oxygens (including phenoxy) is 1. The molecule has 0 amide bonds. The second-order valence-corrected chi connectivity index (χ2v) is 5.86. The highest BCUT2D eigenvalue weighted by Gasteiger charge is 2.07. The number of nitrogens with one attached hydrogen (secondary N) is 1. The summed E-state index contributed by atoms with van der Waals surface area (Å²) in [6.45, 7) is 9.13. The van der Waals surface area contributed by atoms with Gasteiger partial charge in [-0.25, -0.2) is 4.39 Å². The predicted octanol–water partition coefficient (Wildman–Crippen LogP) is 3.96. The minimum Gasteiger partial charge on any atom is -0.508 e. The number of phenols is 1. The first-order chi connectivity index (χ1) is 10.0. The molecule has 0 radical (unpaired) electrons. The van der Waals surface area contributed by atoms with E-state index in [9.17, 15) is 4.39 Å². The Balaban J connectivity index is 2.14. The quantitative estimate of drug-likeness (QED) is 0.642. The Kier molecular flexibility index (Phi) is 8.13. The van der Waals surface area contributed by atoms with E-state index in [4.69, 9.17) is 9.84 Å². The van der Waals surface area contributed by atoms with Crippen molar-refractivity contribution in [2.75, 3.05) is 19.7 Å². The first-order valence-electron chi connectivity index (χ1n) is 7.85. The number of halogens is 1. The lowest BCUT2D eigenvalue weighted by Gasteiger charge is -2.15. The van der Waals surface area contributed by atoms with Gasteiger partial charge in [-0.1, -0.05) is 27.2 Å². The van der Waals surface area contributed by atoms with E-state index in [1.165, 1.54) is 25.0 Å². The molecule has 1 aromatic carbocycles. The summed E-state index contributed by atoms with van der Waals surface area (Å²) in [4.78, 5) is 0. The van der Waals surface area contributed by atoms with Crippen LogP contribution in [0.1, 0.15) is 40.0 Å². The maximum atomic E-state index is 13.4. The molecule has 0 saturated carbocycles. The Hall–Kier alpha value is -1.29. The number of phenolic OH excluding ortho intramolecular Hbond substituents is 1. The molecule has 1 aromatic rings. The molecule has 0 aliphatic heterocycles. The van der Waals surface area contributed by atoms with Crippen molar-refractivity contribution in [1.82, 2.24) is 5.32 Å². The van der Waals surface area contributed by atoms with E-state index in [1.807, 2.05) is 0 Å². The summed E-state index contributed by atoms with van der Waals surface area (Å²) in [6.07, 6.45) is 3.30. The normalized spacial score (nSPS) is 13.9. The van der Waals surface area contributed by atoms with Gasteiger partial charge in [-0.15, -0.1) is 0 Å². The monoisotopic (exact) mass is 297 g/mol. The number of rotatable bonds is 10. The maximum Gasteiger partial charge on any atom is 0.168 e. The summed E-state index contributed by atoms with van der Waals surface area (Å²) in [5.74, 6) is 0.855. The Bertz CT molecular complexity index is 412. The molecule has 0 spiro atoms. The fourth-order valence-electron chi connectivity index (χ4n) is 1.98. The molecule has 0 aromatic heterocycles. The van der Waals surface area contributed by atoms with Crippen molar-refractivity contribution < 1.29 is 14.2 Å². The summed E-state index contributed by atoms with van der Waals surface area (Å²) >= 11 is 0. The van der Waals surface area contributed by atoms with Crippen molar-refractivity contribution in [2.24, 2.45) is 11.8 Å². The summed E-state index contributed by atoms with van der Waals surface area (Å²) in [5, 5.41) is 12.6.